The van der Waals surface area contributed by atoms with Crippen LogP contribution < -0.4 is 11.3 Å². The van der Waals surface area contributed by atoms with Crippen LogP contribution in [0.3, 0.4) is 0 Å². The van der Waals surface area contributed by atoms with Crippen molar-refractivity contribution >= 4 is 0 Å². The molecule has 0 bridgehead atoms. The van der Waals surface area contributed by atoms with Crippen LogP contribution in [0.4, 0.5) is 30.7 Å². The van der Waals surface area contributed by atoms with E-state index in [1.165, 1.54) is 0 Å². The van der Waals surface area contributed by atoms with Gasteiger partial charge in [0.1, 0.15) is 12.4 Å². The first kappa shape index (κ1) is 17.7. The topological polar surface area (TPSA) is 47.3 Å². The van der Waals surface area contributed by atoms with Crippen LogP contribution in [-0.2, 0) is 10.9 Å². The maximum absolute atomic E-state index is 13.1. The number of halogens is 7. The number of alkyl halides is 6. The van der Waals surface area contributed by atoms with Gasteiger partial charge in [0.15, 0.2) is 0 Å². The van der Waals surface area contributed by atoms with E-state index in [1.807, 2.05) is 5.43 Å². The fourth-order valence-electron chi connectivity index (χ4n) is 1.51. The van der Waals surface area contributed by atoms with Crippen molar-refractivity contribution in [3.05, 3.63) is 35.1 Å². The third-order valence-corrected chi connectivity index (χ3v) is 2.45. The van der Waals surface area contributed by atoms with Crippen LogP contribution in [-0.4, -0.2) is 19.4 Å². The Bertz CT molecular complexity index is 473. The number of hydrogen-bond acceptors (Lipinski definition) is 3. The summed E-state index contributed by atoms with van der Waals surface area (Å²) in [5.41, 5.74) is 0.344. The van der Waals surface area contributed by atoms with Gasteiger partial charge in [0.05, 0.1) is 18.2 Å². The average molecular weight is 320 g/mol. The fourth-order valence-corrected chi connectivity index (χ4v) is 1.51. The molecule has 10 heteroatoms. The molecule has 0 saturated carbocycles. The Morgan fingerprint density at radius 2 is 1.76 bits per heavy atom. The summed E-state index contributed by atoms with van der Waals surface area (Å²) in [5, 5.41) is 0. The summed E-state index contributed by atoms with van der Waals surface area (Å²) < 4.78 is 90.7. The highest BCUT2D eigenvalue weighted by molar-refractivity contribution is 5.29. The molecule has 1 aromatic rings. The van der Waals surface area contributed by atoms with E-state index in [-0.39, 0.29) is 5.56 Å². The van der Waals surface area contributed by atoms with Crippen LogP contribution in [0.15, 0.2) is 18.2 Å². The summed E-state index contributed by atoms with van der Waals surface area (Å²) in [7, 11) is 0. The average Bonchev–Trinajstić information content (AvgIpc) is 2.33. The molecule has 0 aliphatic heterocycles. The number of rotatable bonds is 5. The Morgan fingerprint density at radius 1 is 1.14 bits per heavy atom. The summed E-state index contributed by atoms with van der Waals surface area (Å²) >= 11 is 0. The lowest BCUT2D eigenvalue weighted by Gasteiger charge is -2.19. The Balaban J connectivity index is 2.86. The zero-order chi connectivity index (χ0) is 16.3. The van der Waals surface area contributed by atoms with E-state index in [4.69, 9.17) is 5.84 Å². The summed E-state index contributed by atoms with van der Waals surface area (Å²) in [6.45, 7) is -2.20. The molecule has 1 aromatic carbocycles. The number of nitrogens with two attached hydrogens (primary N) is 1. The first-order valence-electron chi connectivity index (χ1n) is 5.52. The van der Waals surface area contributed by atoms with Gasteiger partial charge in [-0.15, -0.1) is 0 Å². The quantitative estimate of drug-likeness (QED) is 0.498. The van der Waals surface area contributed by atoms with E-state index < -0.39 is 43.0 Å². The van der Waals surface area contributed by atoms with E-state index in [1.54, 1.807) is 0 Å². The fraction of sp³-hybridized carbons (Fsp3) is 0.455. The number of hydrogen-bond donors (Lipinski definition) is 2. The van der Waals surface area contributed by atoms with E-state index in [2.05, 4.69) is 4.74 Å². The van der Waals surface area contributed by atoms with Gasteiger partial charge in [-0.2, -0.15) is 26.3 Å². The molecular weight excluding hydrogens is 309 g/mol. The Hall–Kier alpha value is -1.39. The van der Waals surface area contributed by atoms with Crippen molar-refractivity contribution in [2.75, 3.05) is 13.2 Å². The molecule has 0 saturated heterocycles. The lowest BCUT2D eigenvalue weighted by molar-refractivity contribution is -0.175. The van der Waals surface area contributed by atoms with Crippen molar-refractivity contribution in [2.24, 2.45) is 5.84 Å². The SMILES string of the molecule is NNC(COCC(F)(F)F)c1ccc(F)c(C(F)(F)F)c1. The van der Waals surface area contributed by atoms with Crippen molar-refractivity contribution in [1.29, 1.82) is 0 Å². The lowest BCUT2D eigenvalue weighted by atomic mass is 10.0. The minimum Gasteiger partial charge on any atom is -0.370 e. The van der Waals surface area contributed by atoms with Crippen LogP contribution in [0.1, 0.15) is 17.2 Å². The van der Waals surface area contributed by atoms with E-state index in [9.17, 15) is 30.7 Å². The summed E-state index contributed by atoms with van der Waals surface area (Å²) in [5.74, 6) is 3.58. The second-order valence-electron chi connectivity index (χ2n) is 4.09. The highest BCUT2D eigenvalue weighted by Crippen LogP contribution is 2.33. The summed E-state index contributed by atoms with van der Waals surface area (Å²) in [6, 6.07) is 0.865. The summed E-state index contributed by atoms with van der Waals surface area (Å²) in [4.78, 5) is 0. The molecule has 0 spiro atoms. The smallest absolute Gasteiger partial charge is 0.370 e. The second kappa shape index (κ2) is 6.58. The second-order valence-corrected chi connectivity index (χ2v) is 4.09. The molecule has 0 fully saturated rings. The van der Waals surface area contributed by atoms with Crippen LogP contribution in [0.25, 0.3) is 0 Å². The van der Waals surface area contributed by atoms with Gasteiger partial charge >= 0.3 is 12.4 Å². The van der Waals surface area contributed by atoms with Crippen LogP contribution in [0.5, 0.6) is 0 Å². The predicted molar refractivity (Wildman–Crippen MR) is 58.3 cm³/mol. The molecule has 0 aliphatic carbocycles. The monoisotopic (exact) mass is 320 g/mol. The van der Waals surface area contributed by atoms with Gasteiger partial charge in [-0.3, -0.25) is 11.3 Å². The van der Waals surface area contributed by atoms with Crippen molar-refractivity contribution in [1.82, 2.24) is 5.43 Å². The van der Waals surface area contributed by atoms with Crippen molar-refractivity contribution in [2.45, 2.75) is 18.4 Å². The molecule has 3 nitrogen and oxygen atoms in total. The first-order valence-corrected chi connectivity index (χ1v) is 5.52. The third kappa shape index (κ3) is 5.48. The van der Waals surface area contributed by atoms with E-state index in [0.29, 0.717) is 12.1 Å². The predicted octanol–water partition coefficient (Wildman–Crippen LogP) is 2.93. The minimum absolute atomic E-state index is 0.145. The number of nitrogens with one attached hydrogen (secondary N) is 1. The van der Waals surface area contributed by atoms with Crippen LogP contribution >= 0.6 is 0 Å². The van der Waals surface area contributed by atoms with Crippen molar-refractivity contribution < 1.29 is 35.5 Å². The molecule has 21 heavy (non-hydrogen) atoms. The van der Waals surface area contributed by atoms with Gasteiger partial charge in [0, 0.05) is 0 Å². The molecule has 0 radical (unpaired) electrons. The van der Waals surface area contributed by atoms with Crippen LogP contribution in [0, 0.1) is 5.82 Å². The molecule has 0 amide bonds. The Labute approximate surface area is 114 Å². The van der Waals surface area contributed by atoms with Crippen molar-refractivity contribution in [3.63, 3.8) is 0 Å². The molecule has 1 atom stereocenters. The van der Waals surface area contributed by atoms with E-state index >= 15 is 0 Å². The normalized spacial score (nSPS) is 14.3. The Morgan fingerprint density at radius 3 is 2.24 bits per heavy atom. The first-order chi connectivity index (χ1) is 9.54. The molecular formula is C11H11F7N2O. The van der Waals surface area contributed by atoms with Gasteiger partial charge in [-0.1, -0.05) is 6.07 Å². The standard InChI is InChI=1S/C11H11F7N2O/c12-8-2-1-6(3-7(8)11(16,17)18)9(20-19)4-21-5-10(13,14)15/h1-3,9,20H,4-5,19H2. The third-order valence-electron chi connectivity index (χ3n) is 2.45. The zero-order valence-corrected chi connectivity index (χ0v) is 10.4. The summed E-state index contributed by atoms with van der Waals surface area (Å²) in [6.07, 6.45) is -9.49. The van der Waals surface area contributed by atoms with Gasteiger partial charge in [0.2, 0.25) is 0 Å². The molecule has 3 N–H and O–H groups in total. The number of hydrazine groups is 1. The van der Waals surface area contributed by atoms with Gasteiger partial charge in [-0.05, 0) is 17.7 Å². The number of ether oxygens (including phenoxy) is 1. The molecule has 120 valence electrons. The van der Waals surface area contributed by atoms with Crippen molar-refractivity contribution in [3.8, 4) is 0 Å². The van der Waals surface area contributed by atoms with Gasteiger partial charge < -0.3 is 4.74 Å². The van der Waals surface area contributed by atoms with Gasteiger partial charge in [0.25, 0.3) is 0 Å². The maximum Gasteiger partial charge on any atom is 0.419 e. The van der Waals surface area contributed by atoms with E-state index in [0.717, 1.165) is 6.07 Å². The molecule has 1 rings (SSSR count). The largest absolute Gasteiger partial charge is 0.419 e. The zero-order valence-electron chi connectivity index (χ0n) is 10.4. The molecule has 1 unspecified atom stereocenters. The van der Waals surface area contributed by atoms with Gasteiger partial charge in [-0.25, -0.2) is 4.39 Å². The Kier molecular flexibility index (Phi) is 5.54. The highest BCUT2D eigenvalue weighted by Gasteiger charge is 2.35. The van der Waals surface area contributed by atoms with Crippen LogP contribution in [0.2, 0.25) is 0 Å². The minimum atomic E-state index is -4.92. The molecule has 0 aliphatic rings. The lowest BCUT2D eigenvalue weighted by Crippen LogP contribution is -2.33. The molecule has 0 aromatic heterocycles. The number of benzene rings is 1. The highest BCUT2D eigenvalue weighted by atomic mass is 19.4. The molecule has 0 heterocycles. The maximum atomic E-state index is 13.1.